The summed E-state index contributed by atoms with van der Waals surface area (Å²) in [5.74, 6) is 0.240. The predicted octanol–water partition coefficient (Wildman–Crippen LogP) is 1.43. The fraction of sp³-hybridized carbons (Fsp3) is 0.500. The number of anilines is 1. The molecule has 0 aliphatic heterocycles. The van der Waals surface area contributed by atoms with Gasteiger partial charge < -0.3 is 10.0 Å². The van der Waals surface area contributed by atoms with Crippen LogP contribution in [0.1, 0.15) is 12.8 Å². The van der Waals surface area contributed by atoms with Crippen LogP contribution >= 0.6 is 11.6 Å². The number of rotatable bonds is 5. The average Bonchev–Trinajstić information content (AvgIpc) is 3.00. The van der Waals surface area contributed by atoms with Crippen molar-refractivity contribution in [2.24, 2.45) is 5.92 Å². The molecule has 0 radical (unpaired) electrons. The van der Waals surface area contributed by atoms with E-state index in [2.05, 4.69) is 9.97 Å². The van der Waals surface area contributed by atoms with Crippen molar-refractivity contribution < 1.29 is 9.90 Å². The lowest BCUT2D eigenvalue weighted by Crippen LogP contribution is -2.32. The van der Waals surface area contributed by atoms with Gasteiger partial charge in [-0.3, -0.25) is 9.78 Å². The molecule has 1 saturated carbocycles. The van der Waals surface area contributed by atoms with E-state index < -0.39 is 5.97 Å². The first kappa shape index (κ1) is 11.1. The Morgan fingerprint density at radius 1 is 1.56 bits per heavy atom. The van der Waals surface area contributed by atoms with Crippen LogP contribution < -0.4 is 4.90 Å². The number of aliphatic carboxylic acids is 1. The van der Waals surface area contributed by atoms with E-state index in [9.17, 15) is 4.79 Å². The smallest absolute Gasteiger partial charge is 0.323 e. The Morgan fingerprint density at radius 3 is 2.88 bits per heavy atom. The molecule has 0 amide bonds. The molecule has 0 atom stereocenters. The number of nitrogens with zero attached hydrogens (tertiary/aromatic N) is 3. The molecule has 1 aliphatic rings. The number of carboxylic acids is 1. The molecule has 1 aromatic rings. The van der Waals surface area contributed by atoms with Gasteiger partial charge in [-0.1, -0.05) is 11.6 Å². The van der Waals surface area contributed by atoms with Gasteiger partial charge >= 0.3 is 5.97 Å². The fourth-order valence-corrected chi connectivity index (χ4v) is 1.64. The normalized spacial score (nSPS) is 14.8. The molecule has 1 N–H and O–H groups in total. The number of hydrogen-bond acceptors (Lipinski definition) is 4. The van der Waals surface area contributed by atoms with Gasteiger partial charge in [0.25, 0.3) is 0 Å². The van der Waals surface area contributed by atoms with Crippen LogP contribution in [-0.4, -0.2) is 34.1 Å². The van der Waals surface area contributed by atoms with Gasteiger partial charge in [0.1, 0.15) is 17.5 Å². The van der Waals surface area contributed by atoms with Gasteiger partial charge in [-0.15, -0.1) is 0 Å². The van der Waals surface area contributed by atoms with E-state index in [1.165, 1.54) is 12.4 Å². The quantitative estimate of drug-likeness (QED) is 0.845. The zero-order chi connectivity index (χ0) is 11.5. The Labute approximate surface area is 98.1 Å². The van der Waals surface area contributed by atoms with Crippen LogP contribution in [0.4, 0.5) is 5.82 Å². The summed E-state index contributed by atoms with van der Waals surface area (Å²) in [5.41, 5.74) is 0. The van der Waals surface area contributed by atoms with Crippen molar-refractivity contribution >= 4 is 23.4 Å². The van der Waals surface area contributed by atoms with E-state index in [1.54, 1.807) is 4.90 Å². The first-order valence-corrected chi connectivity index (χ1v) is 5.47. The van der Waals surface area contributed by atoms with Crippen molar-refractivity contribution in [1.82, 2.24) is 9.97 Å². The Kier molecular flexibility index (Phi) is 3.24. The molecule has 1 fully saturated rings. The molecule has 1 aliphatic carbocycles. The third-order valence-electron chi connectivity index (χ3n) is 2.42. The maximum absolute atomic E-state index is 10.7. The Morgan fingerprint density at radius 2 is 2.31 bits per heavy atom. The Balaban J connectivity index is 2.12. The second-order valence-corrected chi connectivity index (χ2v) is 4.30. The van der Waals surface area contributed by atoms with Gasteiger partial charge in [0.05, 0.1) is 12.4 Å². The Bertz CT molecular complexity index is 395. The van der Waals surface area contributed by atoms with Gasteiger partial charge in [0, 0.05) is 6.54 Å². The van der Waals surface area contributed by atoms with Crippen molar-refractivity contribution in [1.29, 1.82) is 0 Å². The van der Waals surface area contributed by atoms with Crippen LogP contribution in [0.2, 0.25) is 5.15 Å². The van der Waals surface area contributed by atoms with E-state index in [0.29, 0.717) is 18.3 Å². The summed E-state index contributed by atoms with van der Waals surface area (Å²) >= 11 is 5.73. The minimum absolute atomic E-state index is 0.0640. The Hall–Kier alpha value is -1.36. The van der Waals surface area contributed by atoms with Crippen molar-refractivity contribution in [2.75, 3.05) is 18.0 Å². The largest absolute Gasteiger partial charge is 0.480 e. The highest BCUT2D eigenvalue weighted by Gasteiger charge is 2.26. The zero-order valence-electron chi connectivity index (χ0n) is 8.64. The number of halogens is 1. The lowest BCUT2D eigenvalue weighted by atomic mass is 10.3. The van der Waals surface area contributed by atoms with Crippen LogP contribution in [0.15, 0.2) is 12.4 Å². The van der Waals surface area contributed by atoms with Crippen LogP contribution in [-0.2, 0) is 4.79 Å². The lowest BCUT2D eigenvalue weighted by molar-refractivity contribution is -0.135. The van der Waals surface area contributed by atoms with Gasteiger partial charge in [-0.05, 0) is 18.8 Å². The third-order valence-corrected chi connectivity index (χ3v) is 2.60. The van der Waals surface area contributed by atoms with Gasteiger partial charge in [0.15, 0.2) is 0 Å². The van der Waals surface area contributed by atoms with Crippen LogP contribution in [0.5, 0.6) is 0 Å². The highest BCUT2D eigenvalue weighted by atomic mass is 35.5. The lowest BCUT2D eigenvalue weighted by Gasteiger charge is -2.20. The molecular formula is C10H12ClN3O2. The monoisotopic (exact) mass is 241 g/mol. The molecule has 1 heterocycles. The molecule has 0 saturated heterocycles. The summed E-state index contributed by atoms with van der Waals surface area (Å²) < 4.78 is 0. The SMILES string of the molecule is O=C(O)CN(CC1CC1)c1cncc(Cl)n1. The van der Waals surface area contributed by atoms with Crippen molar-refractivity contribution in [2.45, 2.75) is 12.8 Å². The summed E-state index contributed by atoms with van der Waals surface area (Å²) in [7, 11) is 0. The molecule has 0 bridgehead atoms. The number of hydrogen-bond donors (Lipinski definition) is 1. The summed E-state index contributed by atoms with van der Waals surface area (Å²) in [6.07, 6.45) is 5.28. The van der Waals surface area contributed by atoms with E-state index in [1.807, 2.05) is 0 Å². The maximum atomic E-state index is 10.7. The second kappa shape index (κ2) is 4.65. The molecule has 16 heavy (non-hydrogen) atoms. The van der Waals surface area contributed by atoms with Crippen LogP contribution in [0.25, 0.3) is 0 Å². The molecule has 0 spiro atoms. The van der Waals surface area contributed by atoms with Gasteiger partial charge in [0.2, 0.25) is 0 Å². The topological polar surface area (TPSA) is 66.3 Å². The van der Waals surface area contributed by atoms with Crippen molar-refractivity contribution in [3.63, 3.8) is 0 Å². The van der Waals surface area contributed by atoms with Crippen LogP contribution in [0.3, 0.4) is 0 Å². The first-order chi connectivity index (χ1) is 7.65. The molecule has 0 aromatic carbocycles. The molecule has 1 aromatic heterocycles. The molecule has 2 rings (SSSR count). The van der Waals surface area contributed by atoms with E-state index in [-0.39, 0.29) is 11.7 Å². The molecule has 6 heteroatoms. The van der Waals surface area contributed by atoms with Crippen molar-refractivity contribution in [3.05, 3.63) is 17.5 Å². The molecule has 86 valence electrons. The van der Waals surface area contributed by atoms with E-state index >= 15 is 0 Å². The average molecular weight is 242 g/mol. The summed E-state index contributed by atoms with van der Waals surface area (Å²) in [5, 5.41) is 9.11. The van der Waals surface area contributed by atoms with Crippen molar-refractivity contribution in [3.8, 4) is 0 Å². The van der Waals surface area contributed by atoms with E-state index in [4.69, 9.17) is 16.7 Å². The summed E-state index contributed by atoms with van der Waals surface area (Å²) in [6, 6.07) is 0. The third kappa shape index (κ3) is 3.06. The second-order valence-electron chi connectivity index (χ2n) is 3.92. The first-order valence-electron chi connectivity index (χ1n) is 5.09. The van der Waals surface area contributed by atoms with Gasteiger partial charge in [-0.2, -0.15) is 0 Å². The standard InChI is InChI=1S/C10H12ClN3O2/c11-8-3-12-4-9(13-8)14(6-10(15)16)5-7-1-2-7/h3-4,7H,1-2,5-6H2,(H,15,16). The number of carbonyl (C=O) groups is 1. The summed E-state index contributed by atoms with van der Waals surface area (Å²) in [4.78, 5) is 20.4. The molecule has 5 nitrogen and oxygen atoms in total. The molecule has 0 unspecified atom stereocenters. The number of carboxylic acid groups (broad SMARTS) is 1. The molecular weight excluding hydrogens is 230 g/mol. The number of aromatic nitrogens is 2. The zero-order valence-corrected chi connectivity index (χ0v) is 9.39. The predicted molar refractivity (Wildman–Crippen MR) is 59.6 cm³/mol. The maximum Gasteiger partial charge on any atom is 0.323 e. The minimum Gasteiger partial charge on any atom is -0.480 e. The highest BCUT2D eigenvalue weighted by Crippen LogP contribution is 2.30. The van der Waals surface area contributed by atoms with E-state index in [0.717, 1.165) is 12.8 Å². The fourth-order valence-electron chi connectivity index (χ4n) is 1.50. The van der Waals surface area contributed by atoms with Crippen LogP contribution in [0, 0.1) is 5.92 Å². The minimum atomic E-state index is -0.873. The summed E-state index contributed by atoms with van der Waals surface area (Å²) in [6.45, 7) is 0.646. The van der Waals surface area contributed by atoms with Gasteiger partial charge in [-0.25, -0.2) is 4.98 Å². The highest BCUT2D eigenvalue weighted by molar-refractivity contribution is 6.29.